The molecule has 0 amide bonds. The highest BCUT2D eigenvalue weighted by Gasteiger charge is 2.15. The number of aliphatic carboxylic acids is 1. The maximum Gasteiger partial charge on any atom is 0.341 e. The van der Waals surface area contributed by atoms with E-state index in [1.165, 1.54) is 0 Å². The Morgan fingerprint density at radius 2 is 2.06 bits per heavy atom. The number of carbonyl (C=O) groups is 1. The van der Waals surface area contributed by atoms with Crippen molar-refractivity contribution in [3.05, 3.63) is 23.8 Å². The van der Waals surface area contributed by atoms with Gasteiger partial charge in [0.25, 0.3) is 0 Å². The molecule has 0 radical (unpaired) electrons. The molecule has 0 aromatic heterocycles. The number of carboxylic acids is 1. The van der Waals surface area contributed by atoms with E-state index in [2.05, 4.69) is 33.4 Å². The number of rotatable bonds is 3. The molecule has 1 aromatic carbocycles. The summed E-state index contributed by atoms with van der Waals surface area (Å²) < 4.78 is 5.09. The SMILES string of the molecule is CC(C)(C)c1ccc(OCC(=O)O)c(S)c1. The van der Waals surface area contributed by atoms with E-state index >= 15 is 0 Å². The van der Waals surface area contributed by atoms with Gasteiger partial charge >= 0.3 is 5.97 Å². The molecular weight excluding hydrogens is 224 g/mol. The molecule has 0 saturated carbocycles. The fourth-order valence-electron chi connectivity index (χ4n) is 1.25. The van der Waals surface area contributed by atoms with Gasteiger partial charge < -0.3 is 9.84 Å². The first-order valence-corrected chi connectivity index (χ1v) is 5.43. The number of carboxylic acid groups (broad SMARTS) is 1. The molecular formula is C12H16O3S. The minimum Gasteiger partial charge on any atom is -0.481 e. The van der Waals surface area contributed by atoms with Gasteiger partial charge in [-0.2, -0.15) is 0 Å². The van der Waals surface area contributed by atoms with Crippen molar-refractivity contribution >= 4 is 18.6 Å². The Morgan fingerprint density at radius 1 is 1.44 bits per heavy atom. The largest absolute Gasteiger partial charge is 0.481 e. The maximum atomic E-state index is 10.4. The van der Waals surface area contributed by atoms with Crippen molar-refractivity contribution in [2.75, 3.05) is 6.61 Å². The second kappa shape index (κ2) is 4.78. The zero-order valence-corrected chi connectivity index (χ0v) is 10.5. The van der Waals surface area contributed by atoms with Crippen LogP contribution in [0.3, 0.4) is 0 Å². The van der Waals surface area contributed by atoms with E-state index in [4.69, 9.17) is 9.84 Å². The van der Waals surface area contributed by atoms with Crippen molar-refractivity contribution in [1.29, 1.82) is 0 Å². The second-order valence-corrected chi connectivity index (χ2v) is 5.10. The van der Waals surface area contributed by atoms with Gasteiger partial charge in [0.15, 0.2) is 6.61 Å². The van der Waals surface area contributed by atoms with E-state index < -0.39 is 5.97 Å². The molecule has 88 valence electrons. The molecule has 4 heteroatoms. The van der Waals surface area contributed by atoms with Gasteiger partial charge in [-0.15, -0.1) is 12.6 Å². The topological polar surface area (TPSA) is 46.5 Å². The fraction of sp³-hybridized carbons (Fsp3) is 0.417. The first-order valence-electron chi connectivity index (χ1n) is 4.99. The number of benzene rings is 1. The molecule has 0 atom stereocenters. The predicted molar refractivity (Wildman–Crippen MR) is 65.5 cm³/mol. The minimum absolute atomic E-state index is 0.0445. The van der Waals surface area contributed by atoms with E-state index in [1.54, 1.807) is 6.07 Å². The lowest BCUT2D eigenvalue weighted by Gasteiger charge is -2.20. The Hall–Kier alpha value is -1.16. The Balaban J connectivity index is 2.88. The number of thiol groups is 1. The Bertz CT molecular complexity index is 394. The lowest BCUT2D eigenvalue weighted by molar-refractivity contribution is -0.139. The average molecular weight is 240 g/mol. The summed E-state index contributed by atoms with van der Waals surface area (Å²) in [7, 11) is 0. The number of ether oxygens (including phenoxy) is 1. The van der Waals surface area contributed by atoms with Crippen LogP contribution in [0.25, 0.3) is 0 Å². The van der Waals surface area contributed by atoms with E-state index in [0.29, 0.717) is 10.6 Å². The molecule has 0 aliphatic rings. The van der Waals surface area contributed by atoms with Crippen LogP contribution < -0.4 is 4.74 Å². The van der Waals surface area contributed by atoms with Crippen molar-refractivity contribution in [2.24, 2.45) is 0 Å². The summed E-state index contributed by atoms with van der Waals surface area (Å²) in [5, 5.41) is 8.50. The number of hydrogen-bond donors (Lipinski definition) is 2. The van der Waals surface area contributed by atoms with Crippen LogP contribution in [0.4, 0.5) is 0 Å². The third-order valence-corrected chi connectivity index (χ3v) is 2.53. The third-order valence-electron chi connectivity index (χ3n) is 2.18. The van der Waals surface area contributed by atoms with Gasteiger partial charge in [0.1, 0.15) is 5.75 Å². The molecule has 1 N–H and O–H groups in total. The van der Waals surface area contributed by atoms with Crippen LogP contribution in [0.2, 0.25) is 0 Å². The van der Waals surface area contributed by atoms with Gasteiger partial charge in [0, 0.05) is 4.90 Å². The summed E-state index contributed by atoms with van der Waals surface area (Å²) in [5.74, 6) is -0.494. The van der Waals surface area contributed by atoms with Crippen LogP contribution >= 0.6 is 12.6 Å². The quantitative estimate of drug-likeness (QED) is 0.799. The maximum absolute atomic E-state index is 10.4. The third kappa shape index (κ3) is 3.45. The van der Waals surface area contributed by atoms with E-state index in [-0.39, 0.29) is 12.0 Å². The molecule has 0 aliphatic heterocycles. The smallest absolute Gasteiger partial charge is 0.341 e. The Morgan fingerprint density at radius 3 is 2.50 bits per heavy atom. The predicted octanol–water partition coefficient (Wildman–Crippen LogP) is 2.74. The lowest BCUT2D eigenvalue weighted by atomic mass is 9.87. The van der Waals surface area contributed by atoms with Crippen molar-refractivity contribution in [2.45, 2.75) is 31.1 Å². The summed E-state index contributed by atoms with van der Waals surface area (Å²) in [6, 6.07) is 5.59. The summed E-state index contributed by atoms with van der Waals surface area (Å²) in [4.78, 5) is 11.0. The van der Waals surface area contributed by atoms with Gasteiger partial charge in [0.05, 0.1) is 0 Å². The van der Waals surface area contributed by atoms with Gasteiger partial charge in [-0.3, -0.25) is 0 Å². The summed E-state index contributed by atoms with van der Waals surface area (Å²) in [6.45, 7) is 5.97. The summed E-state index contributed by atoms with van der Waals surface area (Å²) >= 11 is 4.28. The van der Waals surface area contributed by atoms with Gasteiger partial charge in [0.2, 0.25) is 0 Å². The van der Waals surface area contributed by atoms with Crippen molar-refractivity contribution in [3.8, 4) is 5.75 Å². The van der Waals surface area contributed by atoms with Crippen LogP contribution in [0, 0.1) is 0 Å². The highest BCUT2D eigenvalue weighted by molar-refractivity contribution is 7.80. The minimum atomic E-state index is -0.993. The van der Waals surface area contributed by atoms with Crippen molar-refractivity contribution < 1.29 is 14.6 Å². The lowest BCUT2D eigenvalue weighted by Crippen LogP contribution is -2.12. The van der Waals surface area contributed by atoms with Crippen molar-refractivity contribution in [3.63, 3.8) is 0 Å². The Kier molecular flexibility index (Phi) is 3.86. The molecule has 0 spiro atoms. The summed E-state index contributed by atoms with van der Waals surface area (Å²) in [5.41, 5.74) is 1.18. The first kappa shape index (κ1) is 12.9. The van der Waals surface area contributed by atoms with Crippen LogP contribution in [0.1, 0.15) is 26.3 Å². The van der Waals surface area contributed by atoms with Crippen molar-refractivity contribution in [1.82, 2.24) is 0 Å². The number of hydrogen-bond acceptors (Lipinski definition) is 3. The van der Waals surface area contributed by atoms with E-state index in [9.17, 15) is 4.79 Å². The molecule has 1 aromatic rings. The molecule has 0 saturated heterocycles. The van der Waals surface area contributed by atoms with Gasteiger partial charge in [-0.1, -0.05) is 26.8 Å². The van der Waals surface area contributed by atoms with Crippen LogP contribution in [-0.4, -0.2) is 17.7 Å². The van der Waals surface area contributed by atoms with Crippen LogP contribution in [0.15, 0.2) is 23.1 Å². The standard InChI is InChI=1S/C12H16O3S/c1-12(2,3)8-4-5-9(10(16)6-8)15-7-11(13)14/h4-6,16H,7H2,1-3H3,(H,13,14). The van der Waals surface area contributed by atoms with E-state index in [0.717, 1.165) is 5.56 Å². The fourth-order valence-corrected chi connectivity index (χ4v) is 1.52. The molecule has 3 nitrogen and oxygen atoms in total. The zero-order valence-electron chi connectivity index (χ0n) is 9.65. The van der Waals surface area contributed by atoms with Crippen LogP contribution in [-0.2, 0) is 10.2 Å². The van der Waals surface area contributed by atoms with Crippen LogP contribution in [0.5, 0.6) is 5.75 Å². The van der Waals surface area contributed by atoms with Gasteiger partial charge in [-0.25, -0.2) is 4.79 Å². The molecule has 0 heterocycles. The molecule has 0 unspecified atom stereocenters. The highest BCUT2D eigenvalue weighted by Crippen LogP contribution is 2.29. The highest BCUT2D eigenvalue weighted by atomic mass is 32.1. The molecule has 0 bridgehead atoms. The van der Waals surface area contributed by atoms with E-state index in [1.807, 2.05) is 12.1 Å². The normalized spacial score (nSPS) is 11.2. The zero-order chi connectivity index (χ0) is 12.3. The first-order chi connectivity index (χ1) is 7.30. The molecule has 0 fully saturated rings. The molecule has 0 aliphatic carbocycles. The van der Waals surface area contributed by atoms with Gasteiger partial charge in [-0.05, 0) is 23.1 Å². The summed E-state index contributed by atoms with van der Waals surface area (Å²) in [6.07, 6.45) is 0. The molecule has 16 heavy (non-hydrogen) atoms. The second-order valence-electron chi connectivity index (χ2n) is 4.61. The molecule has 1 rings (SSSR count). The average Bonchev–Trinajstić information content (AvgIpc) is 2.14. The Labute approximate surface area is 101 Å². The monoisotopic (exact) mass is 240 g/mol.